The highest BCUT2D eigenvalue weighted by molar-refractivity contribution is 5.91. The Hall–Kier alpha value is -1.81. The zero-order chi connectivity index (χ0) is 12.7. The van der Waals surface area contributed by atoms with E-state index in [-0.39, 0.29) is 12.4 Å². The van der Waals surface area contributed by atoms with Gasteiger partial charge >= 0.3 is 5.97 Å². The van der Waals surface area contributed by atoms with Gasteiger partial charge in [-0.2, -0.15) is 0 Å². The topological polar surface area (TPSA) is 55.8 Å². The molecule has 0 amide bonds. The molecule has 0 fully saturated rings. The van der Waals surface area contributed by atoms with E-state index in [0.717, 1.165) is 5.56 Å². The minimum atomic E-state index is -0.414. The molecule has 4 heteroatoms. The largest absolute Gasteiger partial charge is 0.508 e. The van der Waals surface area contributed by atoms with Gasteiger partial charge < -0.3 is 14.6 Å². The van der Waals surface area contributed by atoms with Gasteiger partial charge in [0.25, 0.3) is 0 Å². The van der Waals surface area contributed by atoms with Crippen LogP contribution in [0.2, 0.25) is 0 Å². The molecule has 0 aliphatic heterocycles. The summed E-state index contributed by atoms with van der Waals surface area (Å²) < 4.78 is 9.86. The van der Waals surface area contributed by atoms with Gasteiger partial charge in [-0.25, -0.2) is 4.79 Å². The van der Waals surface area contributed by atoms with Gasteiger partial charge in [0.05, 0.1) is 13.2 Å². The van der Waals surface area contributed by atoms with Gasteiger partial charge in [0, 0.05) is 13.2 Å². The van der Waals surface area contributed by atoms with Crippen molar-refractivity contribution in [2.45, 2.75) is 6.92 Å². The van der Waals surface area contributed by atoms with Crippen LogP contribution in [0.5, 0.6) is 5.75 Å². The summed E-state index contributed by atoms with van der Waals surface area (Å²) in [5.74, 6) is -0.267. The third-order valence-electron chi connectivity index (χ3n) is 2.10. The summed E-state index contributed by atoms with van der Waals surface area (Å²) in [6, 6.07) is 6.64. The average molecular weight is 236 g/mol. The molecule has 0 saturated carbocycles. The van der Waals surface area contributed by atoms with Crippen LogP contribution in [0.15, 0.2) is 30.3 Å². The van der Waals surface area contributed by atoms with Crippen molar-refractivity contribution in [2.24, 2.45) is 0 Å². The number of hydrogen-bond acceptors (Lipinski definition) is 4. The number of ether oxygens (including phenoxy) is 2. The number of phenols is 1. The molecular weight excluding hydrogens is 220 g/mol. The van der Waals surface area contributed by atoms with Crippen LogP contribution in [0.1, 0.15) is 12.5 Å². The predicted molar refractivity (Wildman–Crippen MR) is 64.6 cm³/mol. The minimum absolute atomic E-state index is 0.147. The van der Waals surface area contributed by atoms with E-state index in [4.69, 9.17) is 9.47 Å². The highest BCUT2D eigenvalue weighted by Crippen LogP contribution is 2.19. The molecular formula is C13H16O4. The fraction of sp³-hybridized carbons (Fsp3) is 0.308. The number of rotatable bonds is 5. The summed E-state index contributed by atoms with van der Waals surface area (Å²) in [4.78, 5) is 11.4. The summed E-state index contributed by atoms with van der Waals surface area (Å²) in [6.45, 7) is 2.36. The predicted octanol–water partition coefficient (Wildman–Crippen LogP) is 1.99. The molecule has 0 bridgehead atoms. The molecule has 1 N–H and O–H groups in total. The fourth-order valence-corrected chi connectivity index (χ4v) is 1.40. The summed E-state index contributed by atoms with van der Waals surface area (Å²) in [6.07, 6.45) is 1.38. The second-order valence-corrected chi connectivity index (χ2v) is 3.40. The van der Waals surface area contributed by atoms with Crippen molar-refractivity contribution < 1.29 is 19.4 Å². The van der Waals surface area contributed by atoms with Crippen LogP contribution in [0.3, 0.4) is 0 Å². The van der Waals surface area contributed by atoms with E-state index >= 15 is 0 Å². The van der Waals surface area contributed by atoms with E-state index in [2.05, 4.69) is 0 Å². The SMILES string of the molecule is CCOC(=O)/C=C(\COC)c1cccc(O)c1. The molecule has 0 unspecified atom stereocenters. The molecule has 1 aromatic carbocycles. The zero-order valence-electron chi connectivity index (χ0n) is 9.97. The maximum Gasteiger partial charge on any atom is 0.331 e. The molecule has 0 saturated heterocycles. The Morgan fingerprint density at radius 3 is 2.82 bits per heavy atom. The molecule has 0 radical (unpaired) electrons. The first kappa shape index (κ1) is 13.3. The fourth-order valence-electron chi connectivity index (χ4n) is 1.40. The van der Waals surface area contributed by atoms with Crippen LogP contribution < -0.4 is 0 Å². The van der Waals surface area contributed by atoms with Crippen LogP contribution in [0.25, 0.3) is 5.57 Å². The quantitative estimate of drug-likeness (QED) is 0.627. The van der Waals surface area contributed by atoms with Gasteiger partial charge in [-0.1, -0.05) is 12.1 Å². The normalized spacial score (nSPS) is 11.3. The summed E-state index contributed by atoms with van der Waals surface area (Å²) in [5.41, 5.74) is 1.40. The minimum Gasteiger partial charge on any atom is -0.508 e. The Balaban J connectivity index is 2.96. The first-order valence-electron chi connectivity index (χ1n) is 5.33. The molecule has 17 heavy (non-hydrogen) atoms. The Morgan fingerprint density at radius 1 is 1.47 bits per heavy atom. The van der Waals surface area contributed by atoms with E-state index in [1.807, 2.05) is 0 Å². The average Bonchev–Trinajstić information content (AvgIpc) is 2.29. The summed E-state index contributed by atoms with van der Waals surface area (Å²) in [7, 11) is 1.54. The Bertz CT molecular complexity index is 410. The molecule has 92 valence electrons. The summed E-state index contributed by atoms with van der Waals surface area (Å²) >= 11 is 0. The smallest absolute Gasteiger partial charge is 0.331 e. The van der Waals surface area contributed by atoms with Crippen molar-refractivity contribution in [3.63, 3.8) is 0 Å². The lowest BCUT2D eigenvalue weighted by molar-refractivity contribution is -0.137. The molecule has 0 atom stereocenters. The lowest BCUT2D eigenvalue weighted by Gasteiger charge is -2.07. The lowest BCUT2D eigenvalue weighted by atomic mass is 10.1. The molecule has 0 aromatic heterocycles. The van der Waals surface area contributed by atoms with Crippen molar-refractivity contribution in [3.05, 3.63) is 35.9 Å². The van der Waals surface area contributed by atoms with E-state index in [1.165, 1.54) is 6.08 Å². The number of carbonyl (C=O) groups is 1. The number of hydrogen-bond donors (Lipinski definition) is 1. The van der Waals surface area contributed by atoms with Crippen LogP contribution in [0.4, 0.5) is 0 Å². The van der Waals surface area contributed by atoms with Crippen molar-refractivity contribution >= 4 is 11.5 Å². The molecule has 0 spiro atoms. The third kappa shape index (κ3) is 4.28. The monoisotopic (exact) mass is 236 g/mol. The molecule has 1 rings (SSSR count). The Kier molecular flexibility index (Phi) is 5.23. The second-order valence-electron chi connectivity index (χ2n) is 3.40. The highest BCUT2D eigenvalue weighted by Gasteiger charge is 2.06. The third-order valence-corrected chi connectivity index (χ3v) is 2.10. The Morgan fingerprint density at radius 2 is 2.24 bits per heavy atom. The zero-order valence-corrected chi connectivity index (χ0v) is 9.97. The van der Waals surface area contributed by atoms with E-state index < -0.39 is 5.97 Å². The number of aromatic hydroxyl groups is 1. The lowest BCUT2D eigenvalue weighted by Crippen LogP contribution is -2.03. The van der Waals surface area contributed by atoms with Crippen LogP contribution in [-0.4, -0.2) is 31.4 Å². The van der Waals surface area contributed by atoms with E-state index in [1.54, 1.807) is 38.3 Å². The van der Waals surface area contributed by atoms with Gasteiger partial charge in [-0.15, -0.1) is 0 Å². The molecule has 0 aliphatic rings. The highest BCUT2D eigenvalue weighted by atomic mass is 16.5. The van der Waals surface area contributed by atoms with Crippen molar-refractivity contribution in [1.82, 2.24) is 0 Å². The Labute approximate surface area is 100 Å². The van der Waals surface area contributed by atoms with Crippen molar-refractivity contribution in [3.8, 4) is 5.75 Å². The summed E-state index contributed by atoms with van der Waals surface area (Å²) in [5, 5.41) is 9.38. The van der Waals surface area contributed by atoms with Gasteiger partial charge in [-0.05, 0) is 30.2 Å². The number of benzene rings is 1. The van der Waals surface area contributed by atoms with Crippen molar-refractivity contribution in [1.29, 1.82) is 0 Å². The maximum atomic E-state index is 11.4. The van der Waals surface area contributed by atoms with Gasteiger partial charge in [0.15, 0.2) is 0 Å². The van der Waals surface area contributed by atoms with E-state index in [0.29, 0.717) is 12.2 Å². The first-order chi connectivity index (χ1) is 8.17. The van der Waals surface area contributed by atoms with Crippen LogP contribution in [0, 0.1) is 0 Å². The second kappa shape index (κ2) is 6.70. The molecule has 4 nitrogen and oxygen atoms in total. The molecule has 1 aromatic rings. The number of phenolic OH excluding ortho intramolecular Hbond substituents is 1. The maximum absolute atomic E-state index is 11.4. The standard InChI is InChI=1S/C13H16O4/c1-3-17-13(15)8-11(9-16-2)10-5-4-6-12(14)7-10/h4-8,14H,3,9H2,1-2H3/b11-8+. The van der Waals surface area contributed by atoms with Crippen LogP contribution in [-0.2, 0) is 14.3 Å². The number of esters is 1. The first-order valence-corrected chi connectivity index (χ1v) is 5.33. The van der Waals surface area contributed by atoms with Crippen molar-refractivity contribution in [2.75, 3.05) is 20.3 Å². The number of carbonyl (C=O) groups excluding carboxylic acids is 1. The molecule has 0 heterocycles. The molecule has 0 aliphatic carbocycles. The van der Waals surface area contributed by atoms with Gasteiger partial charge in [-0.3, -0.25) is 0 Å². The van der Waals surface area contributed by atoms with Crippen LogP contribution >= 0.6 is 0 Å². The number of methoxy groups -OCH3 is 1. The van der Waals surface area contributed by atoms with Gasteiger partial charge in [0.1, 0.15) is 5.75 Å². The van der Waals surface area contributed by atoms with E-state index in [9.17, 15) is 9.90 Å². The van der Waals surface area contributed by atoms with Gasteiger partial charge in [0.2, 0.25) is 0 Å².